The van der Waals surface area contributed by atoms with E-state index in [0.717, 1.165) is 16.1 Å². The molecule has 1 aliphatic heterocycles. The highest BCUT2D eigenvalue weighted by molar-refractivity contribution is 7.99. The second-order valence-electron chi connectivity index (χ2n) is 6.95. The van der Waals surface area contributed by atoms with Gasteiger partial charge >= 0.3 is 0 Å². The van der Waals surface area contributed by atoms with E-state index < -0.39 is 0 Å². The van der Waals surface area contributed by atoms with Crippen LogP contribution in [0.2, 0.25) is 0 Å². The lowest BCUT2D eigenvalue weighted by Gasteiger charge is -2.22. The van der Waals surface area contributed by atoms with Crippen molar-refractivity contribution < 1.29 is 14.3 Å². The number of hydrogen-bond donors (Lipinski definition) is 1. The van der Waals surface area contributed by atoms with Crippen LogP contribution in [0.1, 0.15) is 17.2 Å². The van der Waals surface area contributed by atoms with E-state index in [2.05, 4.69) is 5.32 Å². The highest BCUT2D eigenvalue weighted by atomic mass is 32.2. The van der Waals surface area contributed by atoms with E-state index in [1.165, 1.54) is 0 Å². The molecule has 0 aromatic heterocycles. The maximum atomic E-state index is 13.2. The molecule has 4 rings (SSSR count). The molecule has 3 aromatic rings. The quantitative estimate of drug-likeness (QED) is 0.640. The normalized spacial score (nSPS) is 15.8. The molecule has 6 heteroatoms. The Balaban J connectivity index is 1.57. The summed E-state index contributed by atoms with van der Waals surface area (Å²) in [5.74, 6) is 0.336. The van der Waals surface area contributed by atoms with Gasteiger partial charge in [-0.3, -0.25) is 9.59 Å². The molecule has 30 heavy (non-hydrogen) atoms. The van der Waals surface area contributed by atoms with Gasteiger partial charge in [0.25, 0.3) is 0 Å². The molecule has 1 N–H and O–H groups in total. The molecule has 0 aliphatic carbocycles. The smallest absolute Gasteiger partial charge is 0.244 e. The summed E-state index contributed by atoms with van der Waals surface area (Å²) in [7, 11) is 1.58. The van der Waals surface area contributed by atoms with Gasteiger partial charge in [-0.2, -0.15) is 0 Å². The Bertz CT molecular complexity index is 1060. The topological polar surface area (TPSA) is 58.6 Å². The Morgan fingerprint density at radius 3 is 2.63 bits per heavy atom. The number of thioether (sulfide) groups is 1. The van der Waals surface area contributed by atoms with Crippen molar-refractivity contribution in [3.8, 4) is 5.75 Å². The van der Waals surface area contributed by atoms with Crippen molar-refractivity contribution >= 4 is 35.0 Å². The predicted molar refractivity (Wildman–Crippen MR) is 120 cm³/mol. The first-order valence-corrected chi connectivity index (χ1v) is 10.6. The van der Waals surface area contributed by atoms with Gasteiger partial charge in [0.1, 0.15) is 12.3 Å². The number of carbonyl (C=O) groups is 2. The molecule has 0 saturated carbocycles. The number of carbonyl (C=O) groups excluding carboxylic acids is 2. The van der Waals surface area contributed by atoms with E-state index in [0.29, 0.717) is 17.9 Å². The third-order valence-electron chi connectivity index (χ3n) is 4.91. The summed E-state index contributed by atoms with van der Waals surface area (Å²) >= 11 is 1.66. The molecule has 0 fully saturated rings. The number of rotatable bonds is 5. The van der Waals surface area contributed by atoms with Gasteiger partial charge in [0.2, 0.25) is 11.8 Å². The molecule has 5 nitrogen and oxygen atoms in total. The second kappa shape index (κ2) is 9.05. The van der Waals surface area contributed by atoms with Gasteiger partial charge in [-0.25, -0.2) is 0 Å². The SMILES string of the molecule is COc1cccc(NC(=O)CN2C(=O)CC(c3ccccc3)Sc3ccccc32)c1. The van der Waals surface area contributed by atoms with Crippen LogP contribution in [0.3, 0.4) is 0 Å². The summed E-state index contributed by atoms with van der Waals surface area (Å²) in [5.41, 5.74) is 2.51. The minimum atomic E-state index is -0.255. The van der Waals surface area contributed by atoms with Gasteiger partial charge in [-0.1, -0.05) is 48.5 Å². The van der Waals surface area contributed by atoms with Crippen LogP contribution in [-0.2, 0) is 9.59 Å². The second-order valence-corrected chi connectivity index (χ2v) is 8.19. The lowest BCUT2D eigenvalue weighted by Crippen LogP contribution is -2.38. The van der Waals surface area contributed by atoms with Crippen LogP contribution in [0, 0.1) is 0 Å². The number of para-hydroxylation sites is 1. The third-order valence-corrected chi connectivity index (χ3v) is 6.24. The fraction of sp³-hybridized carbons (Fsp3) is 0.167. The number of methoxy groups -OCH3 is 1. The largest absolute Gasteiger partial charge is 0.497 e. The predicted octanol–water partition coefficient (Wildman–Crippen LogP) is 4.90. The van der Waals surface area contributed by atoms with Gasteiger partial charge in [0.05, 0.1) is 12.8 Å². The first-order valence-electron chi connectivity index (χ1n) is 9.69. The van der Waals surface area contributed by atoms with Crippen LogP contribution in [0.4, 0.5) is 11.4 Å². The molecule has 1 unspecified atom stereocenters. The maximum Gasteiger partial charge on any atom is 0.244 e. The maximum absolute atomic E-state index is 13.2. The minimum Gasteiger partial charge on any atom is -0.497 e. The van der Waals surface area contributed by atoms with Crippen LogP contribution >= 0.6 is 11.8 Å². The molecule has 1 atom stereocenters. The molecule has 1 aliphatic rings. The van der Waals surface area contributed by atoms with Crippen molar-refractivity contribution in [2.24, 2.45) is 0 Å². The van der Waals surface area contributed by atoms with Crippen LogP contribution < -0.4 is 15.0 Å². The highest BCUT2D eigenvalue weighted by Crippen LogP contribution is 2.45. The third kappa shape index (κ3) is 4.49. The summed E-state index contributed by atoms with van der Waals surface area (Å²) in [4.78, 5) is 28.5. The number of fused-ring (bicyclic) bond motifs is 1. The Labute approximate surface area is 180 Å². The molecular formula is C24H22N2O3S. The van der Waals surface area contributed by atoms with Crippen LogP contribution in [0.5, 0.6) is 5.75 Å². The van der Waals surface area contributed by atoms with Crippen molar-refractivity contribution in [3.63, 3.8) is 0 Å². The van der Waals surface area contributed by atoms with Crippen molar-refractivity contribution in [3.05, 3.63) is 84.4 Å². The van der Waals surface area contributed by atoms with Gasteiger partial charge in [-0.15, -0.1) is 11.8 Å². The summed E-state index contributed by atoms with van der Waals surface area (Å²) in [6.45, 7) is -0.0465. The van der Waals surface area contributed by atoms with Crippen LogP contribution in [0.15, 0.2) is 83.8 Å². The Morgan fingerprint density at radius 1 is 1.07 bits per heavy atom. The van der Waals surface area contributed by atoms with Gasteiger partial charge in [-0.05, 0) is 29.8 Å². The van der Waals surface area contributed by atoms with E-state index in [-0.39, 0.29) is 23.6 Å². The zero-order valence-electron chi connectivity index (χ0n) is 16.6. The zero-order chi connectivity index (χ0) is 20.9. The lowest BCUT2D eigenvalue weighted by atomic mass is 10.1. The fourth-order valence-corrected chi connectivity index (χ4v) is 4.73. The zero-order valence-corrected chi connectivity index (χ0v) is 17.4. The standard InChI is InChI=1S/C24H22N2O3S/c1-29-19-11-7-10-18(14-19)25-23(27)16-26-20-12-5-6-13-21(20)30-22(15-24(26)28)17-8-3-2-4-9-17/h2-14,22H,15-16H2,1H3,(H,25,27). The van der Waals surface area contributed by atoms with Gasteiger partial charge in [0, 0.05) is 28.3 Å². The van der Waals surface area contributed by atoms with Crippen LogP contribution in [-0.4, -0.2) is 25.5 Å². The van der Waals surface area contributed by atoms with E-state index in [4.69, 9.17) is 4.74 Å². The Hall–Kier alpha value is -3.25. The summed E-state index contributed by atoms with van der Waals surface area (Å²) < 4.78 is 5.20. The Kier molecular flexibility index (Phi) is 6.05. The number of nitrogens with zero attached hydrogens (tertiary/aromatic N) is 1. The number of benzene rings is 3. The monoisotopic (exact) mass is 418 g/mol. The average Bonchev–Trinajstić information content (AvgIpc) is 2.91. The Morgan fingerprint density at radius 2 is 1.83 bits per heavy atom. The van der Waals surface area contributed by atoms with E-state index in [1.54, 1.807) is 35.9 Å². The van der Waals surface area contributed by atoms with E-state index in [9.17, 15) is 9.59 Å². The van der Waals surface area contributed by atoms with Gasteiger partial charge in [0.15, 0.2) is 0 Å². The minimum absolute atomic E-state index is 0.00583. The summed E-state index contributed by atoms with van der Waals surface area (Å²) in [6.07, 6.45) is 0.329. The van der Waals surface area contributed by atoms with Crippen molar-refractivity contribution in [2.75, 3.05) is 23.9 Å². The average molecular weight is 419 g/mol. The fourth-order valence-electron chi connectivity index (χ4n) is 3.45. The number of nitrogens with one attached hydrogen (secondary N) is 1. The molecule has 1 heterocycles. The first kappa shape index (κ1) is 20.0. The first-order chi connectivity index (χ1) is 14.6. The van der Waals surface area contributed by atoms with E-state index >= 15 is 0 Å². The molecule has 152 valence electrons. The molecule has 0 spiro atoms. The highest BCUT2D eigenvalue weighted by Gasteiger charge is 2.30. The molecular weight excluding hydrogens is 396 g/mol. The molecule has 2 amide bonds. The lowest BCUT2D eigenvalue weighted by molar-refractivity contribution is -0.121. The number of ether oxygens (including phenoxy) is 1. The molecule has 0 saturated heterocycles. The van der Waals surface area contributed by atoms with Crippen LogP contribution in [0.25, 0.3) is 0 Å². The molecule has 3 aromatic carbocycles. The summed E-state index contributed by atoms with van der Waals surface area (Å²) in [6, 6.07) is 24.9. The van der Waals surface area contributed by atoms with Crippen molar-refractivity contribution in [1.29, 1.82) is 0 Å². The number of amides is 2. The molecule has 0 radical (unpaired) electrons. The number of hydrogen-bond acceptors (Lipinski definition) is 4. The van der Waals surface area contributed by atoms with E-state index in [1.807, 2.05) is 66.7 Å². The van der Waals surface area contributed by atoms with Crippen molar-refractivity contribution in [2.45, 2.75) is 16.6 Å². The molecule has 0 bridgehead atoms. The van der Waals surface area contributed by atoms with Gasteiger partial charge < -0.3 is 15.0 Å². The summed E-state index contributed by atoms with van der Waals surface area (Å²) in [5, 5.41) is 2.86. The van der Waals surface area contributed by atoms with Crippen molar-refractivity contribution in [1.82, 2.24) is 0 Å². The number of anilines is 2.